The monoisotopic (exact) mass is 323 g/mol. The number of hydrogen-bond acceptors (Lipinski definition) is 5. The number of carbonyl (C=O) groups is 1. The van der Waals surface area contributed by atoms with Gasteiger partial charge in [0.15, 0.2) is 16.7 Å². The van der Waals surface area contributed by atoms with Gasteiger partial charge in [0.2, 0.25) is 5.91 Å². The number of benzene rings is 1. The summed E-state index contributed by atoms with van der Waals surface area (Å²) in [6, 6.07) is 4.65. The van der Waals surface area contributed by atoms with Gasteiger partial charge >= 0.3 is 0 Å². The number of anilines is 1. The van der Waals surface area contributed by atoms with E-state index in [0.717, 1.165) is 13.0 Å². The van der Waals surface area contributed by atoms with Gasteiger partial charge in [0.05, 0.1) is 12.8 Å². The third-order valence-corrected chi connectivity index (χ3v) is 3.79. The van der Waals surface area contributed by atoms with Crippen LogP contribution in [-0.4, -0.2) is 31.6 Å². The van der Waals surface area contributed by atoms with Crippen LogP contribution in [0.1, 0.15) is 12.8 Å². The first-order valence-corrected chi connectivity index (χ1v) is 7.76. The molecule has 118 valence electrons. The first kappa shape index (κ1) is 16.4. The second-order valence-electron chi connectivity index (χ2n) is 4.64. The Bertz CT molecular complexity index is 645. The number of aromatic nitrogens is 1. The lowest BCUT2D eigenvalue weighted by molar-refractivity contribution is -0.116. The zero-order valence-electron chi connectivity index (χ0n) is 12.5. The quantitative estimate of drug-likeness (QED) is 0.769. The maximum Gasteiger partial charge on any atom is 0.226 e. The van der Waals surface area contributed by atoms with Crippen molar-refractivity contribution in [3.8, 4) is 17.0 Å². The number of rotatable bonds is 7. The van der Waals surface area contributed by atoms with Crippen LogP contribution in [0.15, 0.2) is 23.6 Å². The van der Waals surface area contributed by atoms with Gasteiger partial charge in [-0.25, -0.2) is 9.37 Å². The molecular weight excluding hydrogens is 305 g/mol. The molecule has 0 saturated carbocycles. The number of methoxy groups -OCH3 is 1. The second-order valence-corrected chi connectivity index (χ2v) is 5.50. The van der Waals surface area contributed by atoms with Gasteiger partial charge in [0.1, 0.15) is 0 Å². The van der Waals surface area contributed by atoms with Crippen LogP contribution in [0.25, 0.3) is 11.3 Å². The fraction of sp³-hybridized carbons (Fsp3) is 0.333. The zero-order valence-corrected chi connectivity index (χ0v) is 13.3. The van der Waals surface area contributed by atoms with Crippen molar-refractivity contribution in [1.82, 2.24) is 10.3 Å². The molecule has 0 aliphatic carbocycles. The molecule has 0 aliphatic heterocycles. The molecule has 1 aromatic heterocycles. The van der Waals surface area contributed by atoms with E-state index < -0.39 is 5.82 Å². The number of amides is 1. The van der Waals surface area contributed by atoms with Gasteiger partial charge in [-0.3, -0.25) is 4.79 Å². The first-order valence-electron chi connectivity index (χ1n) is 6.88. The molecule has 2 N–H and O–H groups in total. The van der Waals surface area contributed by atoms with Crippen LogP contribution in [0.2, 0.25) is 0 Å². The summed E-state index contributed by atoms with van der Waals surface area (Å²) in [4.78, 5) is 16.0. The van der Waals surface area contributed by atoms with Gasteiger partial charge in [-0.05, 0) is 38.2 Å². The summed E-state index contributed by atoms with van der Waals surface area (Å²) in [5.74, 6) is -0.320. The van der Waals surface area contributed by atoms with Crippen molar-refractivity contribution in [2.24, 2.45) is 0 Å². The van der Waals surface area contributed by atoms with Crippen molar-refractivity contribution >= 4 is 22.4 Å². The predicted octanol–water partition coefficient (Wildman–Crippen LogP) is 2.90. The highest BCUT2D eigenvalue weighted by Gasteiger charge is 2.10. The first-order chi connectivity index (χ1) is 10.6. The van der Waals surface area contributed by atoms with Crippen molar-refractivity contribution in [3.63, 3.8) is 0 Å². The van der Waals surface area contributed by atoms with Crippen molar-refractivity contribution in [1.29, 1.82) is 0 Å². The molecule has 22 heavy (non-hydrogen) atoms. The van der Waals surface area contributed by atoms with Gasteiger partial charge in [-0.1, -0.05) is 0 Å². The maximum absolute atomic E-state index is 13.7. The summed E-state index contributed by atoms with van der Waals surface area (Å²) in [7, 11) is 3.27. The lowest BCUT2D eigenvalue weighted by atomic mass is 10.1. The lowest BCUT2D eigenvalue weighted by Gasteiger charge is -2.03. The summed E-state index contributed by atoms with van der Waals surface area (Å²) in [6.07, 6.45) is 1.21. The van der Waals surface area contributed by atoms with Gasteiger partial charge < -0.3 is 15.4 Å². The van der Waals surface area contributed by atoms with Gasteiger partial charge in [0.25, 0.3) is 0 Å². The molecule has 0 atom stereocenters. The van der Waals surface area contributed by atoms with Crippen LogP contribution in [0.5, 0.6) is 5.75 Å². The standard InChI is InChI=1S/C15H18FN3O2S/c1-17-7-3-4-14(20)19-15-18-12(9-22-15)10-5-6-13(21-2)11(16)8-10/h5-6,8-9,17H,3-4,7H2,1-2H3,(H,18,19,20). The number of carbonyl (C=O) groups excluding carboxylic acids is 1. The topological polar surface area (TPSA) is 63.2 Å². The molecule has 2 aromatic rings. The molecule has 0 saturated heterocycles. The van der Waals surface area contributed by atoms with E-state index >= 15 is 0 Å². The van der Waals surface area contributed by atoms with E-state index in [-0.39, 0.29) is 11.7 Å². The number of halogens is 1. The third-order valence-electron chi connectivity index (χ3n) is 3.03. The molecule has 7 heteroatoms. The second kappa shape index (κ2) is 7.86. The minimum absolute atomic E-state index is 0.0722. The van der Waals surface area contributed by atoms with E-state index in [2.05, 4.69) is 15.6 Å². The molecule has 1 amide bonds. The Morgan fingerprint density at radius 2 is 2.27 bits per heavy atom. The maximum atomic E-state index is 13.7. The molecule has 0 radical (unpaired) electrons. The van der Waals surface area contributed by atoms with E-state index in [9.17, 15) is 9.18 Å². The Hall–Kier alpha value is -1.99. The molecule has 0 aliphatic rings. The number of hydrogen-bond donors (Lipinski definition) is 2. The molecule has 0 spiro atoms. The molecule has 0 fully saturated rings. The minimum Gasteiger partial charge on any atom is -0.494 e. The van der Waals surface area contributed by atoms with E-state index in [0.29, 0.717) is 22.8 Å². The average Bonchev–Trinajstić information content (AvgIpc) is 2.96. The van der Waals surface area contributed by atoms with E-state index in [4.69, 9.17) is 4.74 Å². The van der Waals surface area contributed by atoms with Gasteiger partial charge in [0, 0.05) is 17.4 Å². The van der Waals surface area contributed by atoms with Crippen LogP contribution < -0.4 is 15.4 Å². The van der Waals surface area contributed by atoms with E-state index in [1.165, 1.54) is 24.5 Å². The minimum atomic E-state index is -0.439. The summed E-state index contributed by atoms with van der Waals surface area (Å²) in [6.45, 7) is 0.793. The summed E-state index contributed by atoms with van der Waals surface area (Å²) in [5, 5.41) is 8.04. The lowest BCUT2D eigenvalue weighted by Crippen LogP contribution is -2.15. The van der Waals surface area contributed by atoms with Crippen molar-refractivity contribution in [3.05, 3.63) is 29.4 Å². The third kappa shape index (κ3) is 4.25. The van der Waals surface area contributed by atoms with Crippen LogP contribution in [-0.2, 0) is 4.79 Å². The summed E-state index contributed by atoms with van der Waals surface area (Å²) in [5.41, 5.74) is 1.27. The van der Waals surface area contributed by atoms with E-state index in [1.807, 2.05) is 7.05 Å². The Morgan fingerprint density at radius 1 is 1.45 bits per heavy atom. The summed E-state index contributed by atoms with van der Waals surface area (Å²) >= 11 is 1.32. The Balaban J connectivity index is 2.02. The fourth-order valence-electron chi connectivity index (χ4n) is 1.90. The number of thiazole rings is 1. The largest absolute Gasteiger partial charge is 0.494 e. The predicted molar refractivity (Wildman–Crippen MR) is 85.9 cm³/mol. The number of nitrogens with zero attached hydrogens (tertiary/aromatic N) is 1. The van der Waals surface area contributed by atoms with Crippen molar-refractivity contribution in [2.45, 2.75) is 12.8 Å². The molecule has 0 unspecified atom stereocenters. The smallest absolute Gasteiger partial charge is 0.226 e. The Morgan fingerprint density at radius 3 is 2.95 bits per heavy atom. The normalized spacial score (nSPS) is 10.5. The van der Waals surface area contributed by atoms with Crippen LogP contribution in [0.3, 0.4) is 0 Å². The van der Waals surface area contributed by atoms with Gasteiger partial charge in [-0.15, -0.1) is 11.3 Å². The number of ether oxygens (including phenoxy) is 1. The average molecular weight is 323 g/mol. The molecule has 2 rings (SSSR count). The van der Waals surface area contributed by atoms with E-state index in [1.54, 1.807) is 17.5 Å². The van der Waals surface area contributed by atoms with Crippen molar-refractivity contribution < 1.29 is 13.9 Å². The number of nitrogens with one attached hydrogen (secondary N) is 2. The highest BCUT2D eigenvalue weighted by atomic mass is 32.1. The molecule has 0 bridgehead atoms. The fourth-order valence-corrected chi connectivity index (χ4v) is 2.63. The van der Waals surface area contributed by atoms with Crippen molar-refractivity contribution in [2.75, 3.05) is 26.0 Å². The molecule has 1 heterocycles. The highest BCUT2D eigenvalue weighted by Crippen LogP contribution is 2.28. The summed E-state index contributed by atoms with van der Waals surface area (Å²) < 4.78 is 18.6. The van der Waals surface area contributed by atoms with Crippen LogP contribution >= 0.6 is 11.3 Å². The Labute approximate surface area is 132 Å². The van der Waals surface area contributed by atoms with Crippen LogP contribution in [0, 0.1) is 5.82 Å². The molecular formula is C15H18FN3O2S. The highest BCUT2D eigenvalue weighted by molar-refractivity contribution is 7.14. The SMILES string of the molecule is CNCCCC(=O)Nc1nc(-c2ccc(OC)c(F)c2)cs1. The molecule has 5 nitrogen and oxygen atoms in total. The zero-order chi connectivity index (χ0) is 15.9. The molecule has 1 aromatic carbocycles. The Kier molecular flexibility index (Phi) is 5.85. The van der Waals surface area contributed by atoms with Crippen LogP contribution in [0.4, 0.5) is 9.52 Å². The van der Waals surface area contributed by atoms with Gasteiger partial charge in [-0.2, -0.15) is 0 Å².